The average Bonchev–Trinajstić information content (AvgIpc) is 3.30. The van der Waals surface area contributed by atoms with Crippen LogP contribution in [0.25, 0.3) is 10.9 Å². The fraction of sp³-hybridized carbons (Fsp3) is 0.235. The molecular formula is C17H16N4O. The number of aromatic amines is 1. The molecular weight excluding hydrogens is 276 g/mol. The second-order valence-corrected chi connectivity index (χ2v) is 5.70. The zero-order valence-electron chi connectivity index (χ0n) is 12.0. The molecule has 1 amide bonds. The molecule has 2 aromatic heterocycles. The van der Waals surface area contributed by atoms with E-state index < -0.39 is 0 Å². The molecule has 5 nitrogen and oxygen atoms in total. The molecule has 1 aromatic carbocycles. The topological polar surface area (TPSA) is 70.7 Å². The van der Waals surface area contributed by atoms with E-state index in [1.165, 1.54) is 12.8 Å². The number of fused-ring (bicyclic) bond motifs is 1. The number of hydrogen-bond donors (Lipinski definition) is 2. The van der Waals surface area contributed by atoms with E-state index in [-0.39, 0.29) is 5.91 Å². The Morgan fingerprint density at radius 2 is 2.09 bits per heavy atom. The minimum Gasteiger partial charge on any atom is -0.361 e. The van der Waals surface area contributed by atoms with E-state index in [0.717, 1.165) is 22.2 Å². The second-order valence-electron chi connectivity index (χ2n) is 5.70. The Balaban J connectivity index is 1.42. The van der Waals surface area contributed by atoms with Gasteiger partial charge in [-0.1, -0.05) is 6.07 Å². The Kier molecular flexibility index (Phi) is 3.11. The van der Waals surface area contributed by atoms with Crippen LogP contribution in [0.2, 0.25) is 0 Å². The number of benzene rings is 1. The molecule has 1 fully saturated rings. The number of H-pyrrole nitrogens is 1. The highest BCUT2D eigenvalue weighted by Crippen LogP contribution is 2.38. The van der Waals surface area contributed by atoms with Gasteiger partial charge < -0.3 is 10.3 Å². The van der Waals surface area contributed by atoms with Gasteiger partial charge in [-0.15, -0.1) is 5.10 Å². The second kappa shape index (κ2) is 5.26. The minimum absolute atomic E-state index is 0.191. The Hall–Kier alpha value is -2.69. The summed E-state index contributed by atoms with van der Waals surface area (Å²) in [5.41, 5.74) is 3.51. The van der Waals surface area contributed by atoms with Gasteiger partial charge in [0.05, 0.1) is 5.69 Å². The number of carbonyl (C=O) groups is 1. The highest BCUT2D eigenvalue weighted by Gasteiger charge is 2.25. The largest absolute Gasteiger partial charge is 0.361 e. The predicted octanol–water partition coefficient (Wildman–Crippen LogP) is 2.77. The lowest BCUT2D eigenvalue weighted by Gasteiger charge is -2.05. The number of nitrogens with one attached hydrogen (secondary N) is 2. The van der Waals surface area contributed by atoms with E-state index in [4.69, 9.17) is 0 Å². The number of hydrogen-bond acceptors (Lipinski definition) is 3. The number of rotatable bonds is 4. The quantitative estimate of drug-likeness (QED) is 0.776. The fourth-order valence-corrected chi connectivity index (χ4v) is 2.55. The van der Waals surface area contributed by atoms with Crippen molar-refractivity contribution in [2.75, 3.05) is 0 Å². The van der Waals surface area contributed by atoms with E-state index in [1.54, 1.807) is 6.07 Å². The van der Waals surface area contributed by atoms with Crippen LogP contribution in [-0.4, -0.2) is 21.1 Å². The minimum atomic E-state index is -0.191. The van der Waals surface area contributed by atoms with Crippen molar-refractivity contribution in [3.05, 3.63) is 59.5 Å². The molecule has 22 heavy (non-hydrogen) atoms. The van der Waals surface area contributed by atoms with Crippen LogP contribution >= 0.6 is 0 Å². The Morgan fingerprint density at radius 3 is 2.86 bits per heavy atom. The maximum Gasteiger partial charge on any atom is 0.272 e. The van der Waals surface area contributed by atoms with E-state index in [9.17, 15) is 4.79 Å². The summed E-state index contributed by atoms with van der Waals surface area (Å²) in [6.45, 7) is 0.478. The molecule has 2 heterocycles. The number of nitrogens with zero attached hydrogens (tertiary/aromatic N) is 2. The number of amides is 1. The molecule has 0 aliphatic heterocycles. The van der Waals surface area contributed by atoms with Crippen molar-refractivity contribution in [1.82, 2.24) is 20.5 Å². The van der Waals surface area contributed by atoms with Crippen LogP contribution < -0.4 is 5.32 Å². The van der Waals surface area contributed by atoms with Crippen LogP contribution in [0.15, 0.2) is 42.6 Å². The van der Waals surface area contributed by atoms with Gasteiger partial charge in [0.2, 0.25) is 0 Å². The van der Waals surface area contributed by atoms with Gasteiger partial charge in [-0.2, -0.15) is 5.10 Å². The average molecular weight is 292 g/mol. The van der Waals surface area contributed by atoms with Gasteiger partial charge in [0.1, 0.15) is 0 Å². The van der Waals surface area contributed by atoms with Crippen LogP contribution in [0.1, 0.15) is 40.5 Å². The summed E-state index contributed by atoms with van der Waals surface area (Å²) in [5, 5.41) is 12.2. The first-order chi connectivity index (χ1) is 10.8. The third-order valence-corrected chi connectivity index (χ3v) is 3.98. The molecule has 0 atom stereocenters. The lowest BCUT2D eigenvalue weighted by atomic mass is 10.1. The normalized spacial score (nSPS) is 14.2. The lowest BCUT2D eigenvalue weighted by Crippen LogP contribution is -2.24. The van der Waals surface area contributed by atoms with Crippen molar-refractivity contribution < 1.29 is 4.79 Å². The Morgan fingerprint density at radius 1 is 1.18 bits per heavy atom. The zero-order chi connectivity index (χ0) is 14.9. The van der Waals surface area contributed by atoms with Gasteiger partial charge >= 0.3 is 0 Å². The first kappa shape index (κ1) is 13.0. The summed E-state index contributed by atoms with van der Waals surface area (Å²) in [6.07, 6.45) is 4.27. The molecule has 0 spiro atoms. The van der Waals surface area contributed by atoms with Gasteiger partial charge in [0.25, 0.3) is 5.91 Å². The van der Waals surface area contributed by atoms with Gasteiger partial charge in [0, 0.05) is 24.2 Å². The van der Waals surface area contributed by atoms with Crippen molar-refractivity contribution in [3.8, 4) is 0 Å². The monoisotopic (exact) mass is 292 g/mol. The first-order valence-electron chi connectivity index (χ1n) is 7.47. The van der Waals surface area contributed by atoms with Crippen molar-refractivity contribution >= 4 is 16.8 Å². The molecule has 1 aliphatic rings. The summed E-state index contributed by atoms with van der Waals surface area (Å²) in [5.74, 6) is 0.363. The highest BCUT2D eigenvalue weighted by molar-refractivity contribution is 5.92. The standard InChI is InChI=1S/C17H16N4O/c22-17(16-6-5-15(20-21-16)12-2-3-12)19-10-11-1-4-14-13(9-11)7-8-18-14/h1,4-9,12,18H,2-3,10H2,(H,19,22). The van der Waals surface area contributed by atoms with Gasteiger partial charge in [-0.3, -0.25) is 4.79 Å². The van der Waals surface area contributed by atoms with E-state index in [1.807, 2.05) is 30.5 Å². The molecule has 0 saturated heterocycles. The number of aromatic nitrogens is 3. The summed E-state index contributed by atoms with van der Waals surface area (Å²) in [7, 11) is 0. The molecule has 0 bridgehead atoms. The molecule has 0 radical (unpaired) electrons. The van der Waals surface area contributed by atoms with Crippen LogP contribution in [0.5, 0.6) is 0 Å². The Labute approximate surface area is 127 Å². The van der Waals surface area contributed by atoms with Crippen LogP contribution in [0, 0.1) is 0 Å². The molecule has 5 heteroatoms. The summed E-state index contributed by atoms with van der Waals surface area (Å²) >= 11 is 0. The van der Waals surface area contributed by atoms with Gasteiger partial charge in [-0.05, 0) is 54.1 Å². The van der Waals surface area contributed by atoms with Gasteiger partial charge in [-0.25, -0.2) is 0 Å². The molecule has 3 aromatic rings. The third kappa shape index (κ3) is 2.57. The fourth-order valence-electron chi connectivity index (χ4n) is 2.55. The van der Waals surface area contributed by atoms with Crippen molar-refractivity contribution in [2.24, 2.45) is 0 Å². The molecule has 1 saturated carbocycles. The predicted molar refractivity (Wildman–Crippen MR) is 83.5 cm³/mol. The Bertz CT molecular complexity index is 818. The van der Waals surface area contributed by atoms with Crippen LogP contribution in [0.4, 0.5) is 0 Å². The van der Waals surface area contributed by atoms with E-state index in [0.29, 0.717) is 18.2 Å². The smallest absolute Gasteiger partial charge is 0.272 e. The SMILES string of the molecule is O=C(NCc1ccc2[nH]ccc2c1)c1ccc(C2CC2)nn1. The van der Waals surface area contributed by atoms with Crippen molar-refractivity contribution in [1.29, 1.82) is 0 Å². The highest BCUT2D eigenvalue weighted by atomic mass is 16.1. The lowest BCUT2D eigenvalue weighted by molar-refractivity contribution is 0.0945. The maximum atomic E-state index is 12.1. The molecule has 110 valence electrons. The van der Waals surface area contributed by atoms with Crippen LogP contribution in [0.3, 0.4) is 0 Å². The van der Waals surface area contributed by atoms with Crippen LogP contribution in [-0.2, 0) is 6.54 Å². The van der Waals surface area contributed by atoms with Crippen molar-refractivity contribution in [3.63, 3.8) is 0 Å². The molecule has 1 aliphatic carbocycles. The van der Waals surface area contributed by atoms with E-state index in [2.05, 4.69) is 26.6 Å². The maximum absolute atomic E-state index is 12.1. The molecule has 4 rings (SSSR count). The van der Waals surface area contributed by atoms with E-state index >= 15 is 0 Å². The number of carbonyl (C=O) groups excluding carboxylic acids is 1. The zero-order valence-corrected chi connectivity index (χ0v) is 12.0. The van der Waals surface area contributed by atoms with Gasteiger partial charge in [0.15, 0.2) is 5.69 Å². The van der Waals surface area contributed by atoms with Crippen molar-refractivity contribution in [2.45, 2.75) is 25.3 Å². The molecule has 0 unspecified atom stereocenters. The first-order valence-corrected chi connectivity index (χ1v) is 7.47. The summed E-state index contributed by atoms with van der Waals surface area (Å²) in [4.78, 5) is 15.3. The summed E-state index contributed by atoms with van der Waals surface area (Å²) in [6, 6.07) is 11.8. The molecule has 2 N–H and O–H groups in total. The third-order valence-electron chi connectivity index (χ3n) is 3.98. The summed E-state index contributed by atoms with van der Waals surface area (Å²) < 4.78 is 0.